The first-order valence-electron chi connectivity index (χ1n) is 9.89. The largest absolute Gasteiger partial charge is 0.449 e. The number of rotatable bonds is 4. The van der Waals surface area contributed by atoms with Gasteiger partial charge in [-0.3, -0.25) is 4.79 Å². The molecule has 2 aromatic carbocycles. The summed E-state index contributed by atoms with van der Waals surface area (Å²) in [5, 5.41) is 0. The molecule has 1 unspecified atom stereocenters. The average Bonchev–Trinajstić information content (AvgIpc) is 2.99. The van der Waals surface area contributed by atoms with Gasteiger partial charge in [0, 0.05) is 12.1 Å². The van der Waals surface area contributed by atoms with Crippen LogP contribution in [0.4, 0.5) is 0 Å². The Morgan fingerprint density at radius 1 is 1.20 bits per heavy atom. The van der Waals surface area contributed by atoms with E-state index in [4.69, 9.17) is 4.74 Å². The number of likely N-dealkylation sites (tertiary alicyclic amines) is 1. The van der Waals surface area contributed by atoms with Crippen molar-refractivity contribution in [1.82, 2.24) is 9.62 Å². The van der Waals surface area contributed by atoms with E-state index < -0.39 is 15.6 Å². The van der Waals surface area contributed by atoms with Crippen LogP contribution in [0.15, 0.2) is 47.4 Å². The third-order valence-electron chi connectivity index (χ3n) is 5.78. The fourth-order valence-corrected chi connectivity index (χ4v) is 5.53. The lowest BCUT2D eigenvalue weighted by molar-refractivity contribution is -0.137. The third kappa shape index (κ3) is 3.61. The van der Waals surface area contributed by atoms with Crippen LogP contribution >= 0.6 is 0 Å². The summed E-state index contributed by atoms with van der Waals surface area (Å²) in [5.74, 6) is -0.723. The minimum Gasteiger partial charge on any atom is -0.449 e. The third-order valence-corrected chi connectivity index (χ3v) is 7.32. The average molecular weight is 429 g/mol. The molecule has 2 aromatic rings. The number of nitrogens with one attached hydrogen (secondary N) is 1. The molecule has 0 saturated carbocycles. The smallest absolute Gasteiger partial charge is 0.339 e. The van der Waals surface area contributed by atoms with Gasteiger partial charge < -0.3 is 9.64 Å². The molecule has 1 fully saturated rings. The molecule has 0 aliphatic carbocycles. The normalized spacial score (nSPS) is 20.9. The van der Waals surface area contributed by atoms with Crippen molar-refractivity contribution in [2.24, 2.45) is 0 Å². The first-order chi connectivity index (χ1) is 14.2. The number of piperidine rings is 1. The zero-order valence-electron chi connectivity index (χ0n) is 17.0. The zero-order valence-corrected chi connectivity index (χ0v) is 17.8. The van der Waals surface area contributed by atoms with Gasteiger partial charge in [-0.05, 0) is 49.9 Å². The van der Waals surface area contributed by atoms with Crippen LogP contribution in [0.2, 0.25) is 0 Å². The number of sulfonamides is 1. The summed E-state index contributed by atoms with van der Waals surface area (Å²) in [7, 11) is -3.82. The maximum Gasteiger partial charge on any atom is 0.339 e. The number of hydrogen-bond donors (Lipinski definition) is 1. The van der Waals surface area contributed by atoms with Crippen molar-refractivity contribution in [2.45, 2.75) is 37.2 Å². The highest BCUT2D eigenvalue weighted by Crippen LogP contribution is 2.42. The van der Waals surface area contributed by atoms with Gasteiger partial charge in [0.15, 0.2) is 5.60 Å². The number of fused-ring (bicyclic) bond motifs is 2. The van der Waals surface area contributed by atoms with E-state index in [-0.39, 0.29) is 29.9 Å². The molecule has 0 bridgehead atoms. The lowest BCUT2D eigenvalue weighted by atomic mass is 9.85. The summed E-state index contributed by atoms with van der Waals surface area (Å²) in [6, 6.07) is 12.4. The van der Waals surface area contributed by atoms with Crippen LogP contribution in [0.3, 0.4) is 0 Å². The Morgan fingerprint density at radius 3 is 2.77 bits per heavy atom. The predicted molar refractivity (Wildman–Crippen MR) is 110 cm³/mol. The molecule has 1 spiro atoms. The van der Waals surface area contributed by atoms with E-state index in [1.165, 1.54) is 0 Å². The van der Waals surface area contributed by atoms with E-state index in [9.17, 15) is 18.0 Å². The highest BCUT2D eigenvalue weighted by molar-refractivity contribution is 7.89. The molecule has 2 heterocycles. The SMILES string of the molecule is Cc1ccc(C)c(S(=O)(=O)NCC(=O)N2CCCC3(C2)OC(=O)c2ccccc23)c1. The minimum absolute atomic E-state index is 0.170. The van der Waals surface area contributed by atoms with Crippen molar-refractivity contribution < 1.29 is 22.7 Å². The van der Waals surface area contributed by atoms with Crippen molar-refractivity contribution in [2.75, 3.05) is 19.6 Å². The molecule has 8 heteroatoms. The van der Waals surface area contributed by atoms with Crippen LogP contribution in [-0.4, -0.2) is 44.8 Å². The van der Waals surface area contributed by atoms with Gasteiger partial charge >= 0.3 is 5.97 Å². The summed E-state index contributed by atoms with van der Waals surface area (Å²) < 4.78 is 33.5. The predicted octanol–water partition coefficient (Wildman–Crippen LogP) is 2.27. The van der Waals surface area contributed by atoms with Crippen molar-refractivity contribution in [3.8, 4) is 0 Å². The molecule has 1 amide bonds. The van der Waals surface area contributed by atoms with Gasteiger partial charge in [-0.1, -0.05) is 30.3 Å². The minimum atomic E-state index is -3.82. The highest BCUT2D eigenvalue weighted by Gasteiger charge is 2.48. The molecule has 1 atom stereocenters. The van der Waals surface area contributed by atoms with Crippen LogP contribution in [0.25, 0.3) is 0 Å². The summed E-state index contributed by atoms with van der Waals surface area (Å²) >= 11 is 0. The molecular formula is C22H24N2O5S. The van der Waals surface area contributed by atoms with E-state index in [0.717, 1.165) is 11.1 Å². The molecule has 158 valence electrons. The van der Waals surface area contributed by atoms with Crippen molar-refractivity contribution in [3.05, 3.63) is 64.7 Å². The second-order valence-electron chi connectivity index (χ2n) is 7.94. The van der Waals surface area contributed by atoms with Gasteiger partial charge in [-0.2, -0.15) is 0 Å². The molecule has 7 nitrogen and oxygen atoms in total. The van der Waals surface area contributed by atoms with Crippen molar-refractivity contribution >= 4 is 21.9 Å². The summed E-state index contributed by atoms with van der Waals surface area (Å²) in [6.07, 6.45) is 1.30. The number of esters is 1. The van der Waals surface area contributed by atoms with E-state index in [2.05, 4.69) is 4.72 Å². The van der Waals surface area contributed by atoms with Crippen LogP contribution in [-0.2, 0) is 25.2 Å². The molecule has 1 saturated heterocycles. The van der Waals surface area contributed by atoms with Gasteiger partial charge in [0.1, 0.15) is 0 Å². The number of nitrogens with zero attached hydrogens (tertiary/aromatic N) is 1. The number of aryl methyl sites for hydroxylation is 2. The van der Waals surface area contributed by atoms with E-state index in [1.807, 2.05) is 25.1 Å². The Labute approximate surface area is 176 Å². The Hall–Kier alpha value is -2.71. The van der Waals surface area contributed by atoms with Crippen LogP contribution < -0.4 is 4.72 Å². The molecule has 4 rings (SSSR count). The summed E-state index contributed by atoms with van der Waals surface area (Å²) in [5.41, 5.74) is 1.91. The fourth-order valence-electron chi connectivity index (χ4n) is 4.23. The van der Waals surface area contributed by atoms with Gasteiger partial charge in [0.2, 0.25) is 15.9 Å². The van der Waals surface area contributed by atoms with Crippen molar-refractivity contribution in [1.29, 1.82) is 0 Å². The van der Waals surface area contributed by atoms with E-state index in [1.54, 1.807) is 36.1 Å². The maximum atomic E-state index is 12.8. The molecule has 2 aliphatic rings. The highest BCUT2D eigenvalue weighted by atomic mass is 32.2. The van der Waals surface area contributed by atoms with Crippen LogP contribution in [0, 0.1) is 13.8 Å². The zero-order chi connectivity index (χ0) is 21.5. The standard InChI is InChI=1S/C22H24N2O5S/c1-15-8-9-16(2)19(12-15)30(27,28)23-13-20(25)24-11-5-10-22(14-24)18-7-4-3-6-17(18)21(26)29-22/h3-4,6-9,12,23H,5,10-11,13-14H2,1-2H3. The molecule has 0 radical (unpaired) electrons. The van der Waals surface area contributed by atoms with Gasteiger partial charge in [0.25, 0.3) is 0 Å². The lowest BCUT2D eigenvalue weighted by Gasteiger charge is -2.39. The van der Waals surface area contributed by atoms with Crippen LogP contribution in [0.5, 0.6) is 0 Å². The number of hydrogen-bond acceptors (Lipinski definition) is 5. The molecule has 2 aliphatic heterocycles. The molecular weight excluding hydrogens is 404 g/mol. The Balaban J connectivity index is 1.48. The number of ether oxygens (including phenoxy) is 1. The topological polar surface area (TPSA) is 92.8 Å². The van der Waals surface area contributed by atoms with Crippen LogP contribution in [0.1, 0.15) is 39.9 Å². The summed E-state index contributed by atoms with van der Waals surface area (Å²) in [6.45, 7) is 3.90. The maximum absolute atomic E-state index is 12.8. The number of amides is 1. The quantitative estimate of drug-likeness (QED) is 0.754. The second kappa shape index (κ2) is 7.52. The van der Waals surface area contributed by atoms with E-state index >= 15 is 0 Å². The lowest BCUT2D eigenvalue weighted by Crippen LogP contribution is -2.51. The Bertz CT molecular complexity index is 1130. The Morgan fingerprint density at radius 2 is 1.97 bits per heavy atom. The monoisotopic (exact) mass is 428 g/mol. The van der Waals surface area contributed by atoms with Gasteiger partial charge in [0.05, 0.1) is 23.5 Å². The molecule has 0 aromatic heterocycles. The molecule has 30 heavy (non-hydrogen) atoms. The number of benzene rings is 2. The summed E-state index contributed by atoms with van der Waals surface area (Å²) in [4.78, 5) is 26.8. The van der Waals surface area contributed by atoms with Gasteiger partial charge in [-0.25, -0.2) is 17.9 Å². The first-order valence-corrected chi connectivity index (χ1v) is 11.4. The Kier molecular flexibility index (Phi) is 5.15. The van der Waals surface area contributed by atoms with Gasteiger partial charge in [-0.15, -0.1) is 0 Å². The van der Waals surface area contributed by atoms with E-state index in [0.29, 0.717) is 30.5 Å². The van der Waals surface area contributed by atoms with Crippen molar-refractivity contribution in [3.63, 3.8) is 0 Å². The number of carbonyl (C=O) groups excluding carboxylic acids is 2. The molecule has 1 N–H and O–H groups in total. The number of carbonyl (C=O) groups is 2. The second-order valence-corrected chi connectivity index (χ2v) is 9.68. The fraction of sp³-hybridized carbons (Fsp3) is 0.364. The first kappa shape index (κ1) is 20.6.